The van der Waals surface area contributed by atoms with E-state index in [1.54, 1.807) is 18.2 Å². The Hall–Kier alpha value is -3.85. The molecule has 2 amide bonds. The molecule has 0 aliphatic heterocycles. The molecule has 45 heavy (non-hydrogen) atoms. The Morgan fingerprint density at radius 3 is 2.04 bits per heavy atom. The van der Waals surface area contributed by atoms with Crippen LogP contribution in [0.4, 0.5) is 5.69 Å². The minimum atomic E-state index is -4.27. The minimum absolute atomic E-state index is 0.00980. The highest BCUT2D eigenvalue weighted by Crippen LogP contribution is 2.33. The zero-order valence-corrected chi connectivity index (χ0v) is 27.8. The number of aryl methyl sites for hydroxylation is 1. The number of carbonyl (C=O) groups excluding carboxylic acids is 2. The van der Waals surface area contributed by atoms with Crippen molar-refractivity contribution in [2.45, 2.75) is 44.7 Å². The fourth-order valence-corrected chi connectivity index (χ4v) is 6.80. The van der Waals surface area contributed by atoms with Gasteiger partial charge in [0.2, 0.25) is 11.8 Å². The highest BCUT2D eigenvalue weighted by Gasteiger charge is 2.35. The van der Waals surface area contributed by atoms with Crippen molar-refractivity contribution < 1.29 is 18.0 Å². The molecule has 236 valence electrons. The van der Waals surface area contributed by atoms with E-state index in [1.165, 1.54) is 35.2 Å². The summed E-state index contributed by atoms with van der Waals surface area (Å²) in [6.07, 6.45) is 0.232. The van der Waals surface area contributed by atoms with E-state index >= 15 is 0 Å². The third-order valence-electron chi connectivity index (χ3n) is 7.22. The number of halogens is 2. The van der Waals surface area contributed by atoms with Gasteiger partial charge in [-0.15, -0.1) is 0 Å². The zero-order chi connectivity index (χ0) is 32.6. The molecule has 0 fully saturated rings. The van der Waals surface area contributed by atoms with Gasteiger partial charge in [-0.05, 0) is 54.3 Å². The number of rotatable bonds is 13. The van der Waals surface area contributed by atoms with Crippen molar-refractivity contribution in [2.75, 3.05) is 17.4 Å². The van der Waals surface area contributed by atoms with Crippen LogP contribution in [0.3, 0.4) is 0 Å². The summed E-state index contributed by atoms with van der Waals surface area (Å²) in [6, 6.07) is 28.4. The van der Waals surface area contributed by atoms with Gasteiger partial charge in [-0.2, -0.15) is 0 Å². The quantitative estimate of drug-likeness (QED) is 0.168. The standard InChI is InChI=1S/C35H37Cl2N3O4S/c1-25(2)22-38-35(42)33(20-27-10-6-4-7-11-27)39(23-28-16-14-26(3)15-17-28)34(41)24-40(32-19-18-29(36)21-31(32)37)45(43,44)30-12-8-5-9-13-30/h4-19,21,25,33H,20,22-24H2,1-3H3,(H,38,42)/t33-/m0/s1. The summed E-state index contributed by atoms with van der Waals surface area (Å²) >= 11 is 12.7. The second-order valence-corrected chi connectivity index (χ2v) is 14.0. The zero-order valence-electron chi connectivity index (χ0n) is 25.5. The Morgan fingerprint density at radius 2 is 1.44 bits per heavy atom. The van der Waals surface area contributed by atoms with Gasteiger partial charge in [-0.25, -0.2) is 8.42 Å². The average Bonchev–Trinajstić information content (AvgIpc) is 3.02. The number of amides is 2. The fraction of sp³-hybridized carbons (Fsp3) is 0.257. The molecule has 0 aliphatic rings. The van der Waals surface area contributed by atoms with Gasteiger partial charge in [0.1, 0.15) is 12.6 Å². The van der Waals surface area contributed by atoms with E-state index in [1.807, 2.05) is 75.4 Å². The summed E-state index contributed by atoms with van der Waals surface area (Å²) < 4.78 is 29.1. The summed E-state index contributed by atoms with van der Waals surface area (Å²) in [4.78, 5) is 29.8. The maximum absolute atomic E-state index is 14.5. The number of nitrogens with zero attached hydrogens (tertiary/aromatic N) is 2. The predicted molar refractivity (Wildman–Crippen MR) is 181 cm³/mol. The van der Waals surface area contributed by atoms with Crippen LogP contribution in [0.1, 0.15) is 30.5 Å². The van der Waals surface area contributed by atoms with Crippen LogP contribution >= 0.6 is 23.2 Å². The van der Waals surface area contributed by atoms with Gasteiger partial charge in [0.05, 0.1) is 15.6 Å². The number of hydrogen-bond acceptors (Lipinski definition) is 4. The second-order valence-electron chi connectivity index (χ2n) is 11.3. The molecular formula is C35H37Cl2N3O4S. The van der Waals surface area contributed by atoms with E-state index in [2.05, 4.69) is 5.32 Å². The monoisotopic (exact) mass is 665 g/mol. The lowest BCUT2D eigenvalue weighted by Gasteiger charge is -2.34. The van der Waals surface area contributed by atoms with Crippen molar-refractivity contribution in [3.05, 3.63) is 130 Å². The lowest BCUT2D eigenvalue weighted by molar-refractivity contribution is -0.140. The number of nitrogens with one attached hydrogen (secondary N) is 1. The number of carbonyl (C=O) groups is 2. The van der Waals surface area contributed by atoms with Crippen LogP contribution in [0.5, 0.6) is 0 Å². The van der Waals surface area contributed by atoms with Crippen molar-refractivity contribution in [3.8, 4) is 0 Å². The van der Waals surface area contributed by atoms with E-state index < -0.39 is 28.5 Å². The highest BCUT2D eigenvalue weighted by atomic mass is 35.5. The van der Waals surface area contributed by atoms with Crippen LogP contribution in [-0.4, -0.2) is 44.3 Å². The van der Waals surface area contributed by atoms with Crippen LogP contribution in [0.15, 0.2) is 108 Å². The molecule has 0 saturated heterocycles. The van der Waals surface area contributed by atoms with Crippen LogP contribution in [-0.2, 0) is 32.6 Å². The van der Waals surface area contributed by atoms with Gasteiger partial charge < -0.3 is 10.2 Å². The fourth-order valence-electron chi connectivity index (χ4n) is 4.78. The lowest BCUT2D eigenvalue weighted by atomic mass is 10.0. The van der Waals surface area contributed by atoms with Gasteiger partial charge in [0.15, 0.2) is 0 Å². The molecule has 4 aromatic rings. The lowest BCUT2D eigenvalue weighted by Crippen LogP contribution is -2.53. The van der Waals surface area contributed by atoms with E-state index in [4.69, 9.17) is 23.2 Å². The third-order valence-corrected chi connectivity index (χ3v) is 9.53. The molecule has 0 aliphatic carbocycles. The summed E-state index contributed by atoms with van der Waals surface area (Å²) in [7, 11) is -4.27. The summed E-state index contributed by atoms with van der Waals surface area (Å²) in [5, 5.41) is 3.37. The van der Waals surface area contributed by atoms with E-state index in [0.29, 0.717) is 11.6 Å². The second kappa shape index (κ2) is 15.4. The summed E-state index contributed by atoms with van der Waals surface area (Å²) in [6.45, 7) is 5.85. The molecule has 0 radical (unpaired) electrons. The Kier molecular flexibility index (Phi) is 11.7. The van der Waals surface area contributed by atoms with E-state index in [0.717, 1.165) is 21.0 Å². The molecule has 10 heteroatoms. The molecule has 4 aromatic carbocycles. The van der Waals surface area contributed by atoms with E-state index in [-0.39, 0.29) is 40.4 Å². The largest absolute Gasteiger partial charge is 0.354 e. The Morgan fingerprint density at radius 1 is 0.822 bits per heavy atom. The van der Waals surface area contributed by atoms with Crippen molar-refractivity contribution in [1.29, 1.82) is 0 Å². The molecular weight excluding hydrogens is 629 g/mol. The highest BCUT2D eigenvalue weighted by molar-refractivity contribution is 7.92. The molecule has 0 aromatic heterocycles. The minimum Gasteiger partial charge on any atom is -0.354 e. The van der Waals surface area contributed by atoms with Crippen LogP contribution < -0.4 is 9.62 Å². The SMILES string of the molecule is Cc1ccc(CN(C(=O)CN(c2ccc(Cl)cc2Cl)S(=O)(=O)c2ccccc2)[C@@H](Cc2ccccc2)C(=O)NCC(C)C)cc1. The average molecular weight is 667 g/mol. The number of hydrogen-bond donors (Lipinski definition) is 1. The first kappa shape index (κ1) is 34.0. The topological polar surface area (TPSA) is 86.8 Å². The van der Waals surface area contributed by atoms with Crippen LogP contribution in [0, 0.1) is 12.8 Å². The summed E-state index contributed by atoms with van der Waals surface area (Å²) in [5.41, 5.74) is 2.80. The van der Waals surface area contributed by atoms with Crippen molar-refractivity contribution in [1.82, 2.24) is 10.2 Å². The van der Waals surface area contributed by atoms with Crippen molar-refractivity contribution >= 4 is 50.7 Å². The van der Waals surface area contributed by atoms with E-state index in [9.17, 15) is 18.0 Å². The molecule has 4 rings (SSSR count). The molecule has 1 atom stereocenters. The van der Waals surface area contributed by atoms with Crippen molar-refractivity contribution in [3.63, 3.8) is 0 Å². The maximum atomic E-state index is 14.5. The first-order valence-electron chi connectivity index (χ1n) is 14.6. The predicted octanol–water partition coefficient (Wildman–Crippen LogP) is 6.91. The van der Waals surface area contributed by atoms with Gasteiger partial charge in [0, 0.05) is 24.5 Å². The molecule has 1 N–H and O–H groups in total. The Balaban J connectivity index is 1.81. The normalized spacial score (nSPS) is 12.0. The van der Waals surface area contributed by atoms with Gasteiger partial charge in [0.25, 0.3) is 10.0 Å². The van der Waals surface area contributed by atoms with Crippen LogP contribution in [0.25, 0.3) is 0 Å². The molecule has 7 nitrogen and oxygen atoms in total. The van der Waals surface area contributed by atoms with Gasteiger partial charge >= 0.3 is 0 Å². The molecule has 0 spiro atoms. The molecule has 0 saturated carbocycles. The van der Waals surface area contributed by atoms with Crippen molar-refractivity contribution in [2.24, 2.45) is 5.92 Å². The maximum Gasteiger partial charge on any atom is 0.264 e. The summed E-state index contributed by atoms with van der Waals surface area (Å²) in [5.74, 6) is -0.706. The molecule has 0 unspecified atom stereocenters. The number of sulfonamides is 1. The first-order valence-corrected chi connectivity index (χ1v) is 16.8. The number of anilines is 1. The molecule has 0 bridgehead atoms. The first-order chi connectivity index (χ1) is 21.5. The van der Waals surface area contributed by atoms with Gasteiger partial charge in [-0.3, -0.25) is 13.9 Å². The third kappa shape index (κ3) is 9.10. The van der Waals surface area contributed by atoms with Gasteiger partial charge in [-0.1, -0.05) is 115 Å². The Labute approximate surface area is 275 Å². The molecule has 0 heterocycles. The smallest absolute Gasteiger partial charge is 0.264 e. The van der Waals surface area contributed by atoms with Crippen LogP contribution in [0.2, 0.25) is 10.0 Å². The Bertz CT molecular complexity index is 1700. The number of benzene rings is 4.